The summed E-state index contributed by atoms with van der Waals surface area (Å²) in [4.78, 5) is 46.6. The largest absolute Gasteiger partial charge is 0.444 e. The third kappa shape index (κ3) is 9.22. The van der Waals surface area contributed by atoms with E-state index in [1.165, 1.54) is 23.1 Å². The summed E-state index contributed by atoms with van der Waals surface area (Å²) >= 11 is 3.01. The van der Waals surface area contributed by atoms with Gasteiger partial charge >= 0.3 is 12.1 Å². The van der Waals surface area contributed by atoms with E-state index in [0.29, 0.717) is 37.8 Å². The van der Waals surface area contributed by atoms with Crippen LogP contribution in [0.5, 0.6) is 0 Å². The van der Waals surface area contributed by atoms with E-state index in [4.69, 9.17) is 9.47 Å². The summed E-state index contributed by atoms with van der Waals surface area (Å²) in [6.45, 7) is 10.1. The van der Waals surface area contributed by atoms with Gasteiger partial charge in [-0.2, -0.15) is 11.3 Å². The predicted octanol–water partition coefficient (Wildman–Crippen LogP) is 3.72. The number of thiophene rings is 1. The first-order valence-corrected chi connectivity index (χ1v) is 15.1. The van der Waals surface area contributed by atoms with E-state index in [2.05, 4.69) is 25.8 Å². The highest BCUT2D eigenvalue weighted by atomic mass is 32.2. The van der Waals surface area contributed by atoms with Crippen LogP contribution in [-0.4, -0.2) is 89.6 Å². The number of morpholine rings is 1. The Morgan fingerprint density at radius 1 is 1.18 bits per heavy atom. The first-order valence-electron chi connectivity index (χ1n) is 13.1. The van der Waals surface area contributed by atoms with Crippen molar-refractivity contribution in [1.29, 1.82) is 0 Å². The number of aromatic nitrogens is 1. The summed E-state index contributed by atoms with van der Waals surface area (Å²) in [5, 5.41) is 14.2. The fourth-order valence-corrected chi connectivity index (χ4v) is 5.59. The topological polar surface area (TPSA) is 125 Å². The molecule has 1 fully saturated rings. The number of rotatable bonds is 9. The summed E-state index contributed by atoms with van der Waals surface area (Å²) in [7, 11) is 0. The second kappa shape index (κ2) is 14.0. The summed E-state index contributed by atoms with van der Waals surface area (Å²) in [6.07, 6.45) is 1.05. The molecule has 1 unspecified atom stereocenters. The fraction of sp³-hybridized carbons (Fsp3) is 0.481. The Labute approximate surface area is 242 Å². The zero-order valence-corrected chi connectivity index (χ0v) is 24.6. The molecule has 0 spiro atoms. The van der Waals surface area contributed by atoms with E-state index in [1.54, 1.807) is 49.4 Å². The molecule has 0 radical (unpaired) electrons. The molecule has 1 saturated heterocycles. The lowest BCUT2D eigenvalue weighted by atomic mass is 10.2. The lowest BCUT2D eigenvalue weighted by Crippen LogP contribution is -2.44. The van der Waals surface area contributed by atoms with Crippen LogP contribution in [0.15, 0.2) is 46.3 Å². The van der Waals surface area contributed by atoms with Gasteiger partial charge in [-0.15, -0.1) is 11.8 Å². The molecule has 1 atom stereocenters. The molecule has 40 heavy (non-hydrogen) atoms. The Balaban J connectivity index is 1.34. The molecule has 3 N–H and O–H groups in total. The van der Waals surface area contributed by atoms with E-state index >= 15 is 0 Å². The molecule has 0 saturated carbocycles. The number of hydrogen-bond acceptors (Lipinski definition) is 9. The second-order valence-corrected chi connectivity index (χ2v) is 12.1. The van der Waals surface area contributed by atoms with Crippen molar-refractivity contribution in [3.8, 4) is 0 Å². The predicted molar refractivity (Wildman–Crippen MR) is 156 cm³/mol. The molecular weight excluding hydrogens is 552 g/mol. The van der Waals surface area contributed by atoms with Gasteiger partial charge in [-0.1, -0.05) is 6.07 Å². The van der Waals surface area contributed by atoms with Crippen molar-refractivity contribution in [2.45, 2.75) is 39.0 Å². The second-order valence-electron chi connectivity index (χ2n) is 10.4. The number of thioether (sulfide) groups is 1. The van der Waals surface area contributed by atoms with Crippen molar-refractivity contribution in [1.82, 2.24) is 25.4 Å². The minimum Gasteiger partial charge on any atom is -0.444 e. The van der Waals surface area contributed by atoms with Crippen LogP contribution in [0.4, 0.5) is 15.3 Å². The van der Waals surface area contributed by atoms with Crippen molar-refractivity contribution in [3.63, 3.8) is 0 Å². The molecule has 4 rings (SSSR count). The van der Waals surface area contributed by atoms with Gasteiger partial charge in [0, 0.05) is 50.1 Å². The van der Waals surface area contributed by atoms with Crippen LogP contribution in [0, 0.1) is 0 Å². The van der Waals surface area contributed by atoms with Crippen LogP contribution in [0.2, 0.25) is 0 Å². The smallest absolute Gasteiger partial charge is 0.411 e. The van der Waals surface area contributed by atoms with Gasteiger partial charge in [0.1, 0.15) is 11.3 Å². The maximum Gasteiger partial charge on any atom is 0.411 e. The average Bonchev–Trinajstić information content (AvgIpc) is 3.58. The number of nitrogens with zero attached hydrogens (tertiary/aromatic N) is 3. The first kappa shape index (κ1) is 29.8. The van der Waals surface area contributed by atoms with Crippen molar-refractivity contribution >= 4 is 46.8 Å². The number of ether oxygens (including phenoxy) is 2. The summed E-state index contributed by atoms with van der Waals surface area (Å²) in [5.74, 6) is 0.238. The Bertz CT molecular complexity index is 1180. The van der Waals surface area contributed by atoms with Crippen molar-refractivity contribution in [2.24, 2.45) is 0 Å². The number of carbonyl (C=O) groups excluding carboxylic acids is 3. The van der Waals surface area contributed by atoms with Crippen LogP contribution in [0.1, 0.15) is 36.8 Å². The number of carbonyl (C=O) groups is 3. The van der Waals surface area contributed by atoms with E-state index in [0.717, 1.165) is 30.9 Å². The minimum absolute atomic E-state index is 0.191. The third-order valence-corrected chi connectivity index (χ3v) is 7.71. The number of urea groups is 1. The Morgan fingerprint density at radius 3 is 2.65 bits per heavy atom. The minimum atomic E-state index is -0.622. The van der Waals surface area contributed by atoms with E-state index in [9.17, 15) is 14.4 Å². The molecule has 2 aromatic rings. The SMILES string of the molecule is CC(C)(C)OC(=O)NC1=CSCC1NC(=O)c1ccc(CN(CCN2CCOCC2)C(=O)Nc2ccsc2)cn1. The number of amides is 4. The molecule has 0 aromatic carbocycles. The lowest BCUT2D eigenvalue weighted by Gasteiger charge is -2.30. The normalized spacial score (nSPS) is 17.6. The number of alkyl carbamates (subject to hydrolysis) is 1. The van der Waals surface area contributed by atoms with Crippen LogP contribution in [0.25, 0.3) is 0 Å². The van der Waals surface area contributed by atoms with Crippen molar-refractivity contribution in [2.75, 3.05) is 50.5 Å². The molecule has 11 nitrogen and oxygen atoms in total. The van der Waals surface area contributed by atoms with Crippen LogP contribution >= 0.6 is 23.1 Å². The van der Waals surface area contributed by atoms with Crippen LogP contribution in [0.3, 0.4) is 0 Å². The Morgan fingerprint density at radius 2 is 1.98 bits per heavy atom. The van der Waals surface area contributed by atoms with Crippen LogP contribution in [-0.2, 0) is 16.0 Å². The first-order chi connectivity index (χ1) is 19.2. The van der Waals surface area contributed by atoms with Crippen molar-refractivity contribution < 1.29 is 23.9 Å². The molecular formula is C27H36N6O5S2. The quantitative estimate of drug-likeness (QED) is 0.405. The highest BCUT2D eigenvalue weighted by molar-refractivity contribution is 8.02. The van der Waals surface area contributed by atoms with Gasteiger partial charge in [-0.25, -0.2) is 9.59 Å². The van der Waals surface area contributed by atoms with Crippen LogP contribution < -0.4 is 16.0 Å². The van der Waals surface area contributed by atoms with Gasteiger partial charge in [0.05, 0.1) is 30.6 Å². The van der Waals surface area contributed by atoms with Crippen molar-refractivity contribution in [3.05, 3.63) is 57.5 Å². The molecule has 13 heteroatoms. The number of hydrogen-bond donors (Lipinski definition) is 3. The Hall–Kier alpha value is -3.13. The average molecular weight is 589 g/mol. The standard InChI is InChI=1S/C27H36N6O5S2/c1-27(2,3)38-26(36)31-23-18-40-17-22(23)30-24(34)21-5-4-19(14-28-21)15-33(8-7-32-9-11-37-12-10-32)25(35)29-20-6-13-39-16-20/h4-6,13-14,16,18,22H,7-12,15,17H2,1-3H3,(H,29,35)(H,30,34)(H,31,36). The van der Waals surface area contributed by atoms with E-state index < -0.39 is 11.7 Å². The lowest BCUT2D eigenvalue weighted by molar-refractivity contribution is 0.0349. The molecule has 216 valence electrons. The fourth-order valence-electron chi connectivity index (χ4n) is 4.05. The van der Waals surface area contributed by atoms with Gasteiger partial charge in [0.25, 0.3) is 5.91 Å². The van der Waals surface area contributed by atoms with Gasteiger partial charge in [0.15, 0.2) is 0 Å². The van der Waals surface area contributed by atoms with E-state index in [1.807, 2.05) is 16.8 Å². The highest BCUT2D eigenvalue weighted by Gasteiger charge is 2.26. The molecule has 0 aliphatic carbocycles. The zero-order chi connectivity index (χ0) is 28.5. The molecule has 4 heterocycles. The number of pyridine rings is 1. The number of nitrogens with one attached hydrogen (secondary N) is 3. The zero-order valence-electron chi connectivity index (χ0n) is 23.0. The van der Waals surface area contributed by atoms with Gasteiger partial charge in [0.2, 0.25) is 0 Å². The third-order valence-electron chi connectivity index (χ3n) is 6.08. The molecule has 2 aliphatic rings. The molecule has 0 bridgehead atoms. The molecule has 4 amide bonds. The monoisotopic (exact) mass is 588 g/mol. The summed E-state index contributed by atoms with van der Waals surface area (Å²) in [5.41, 5.74) is 1.78. The van der Waals surface area contributed by atoms with Gasteiger partial charge in [-0.3, -0.25) is 20.0 Å². The van der Waals surface area contributed by atoms with Gasteiger partial charge in [-0.05, 0) is 49.3 Å². The van der Waals surface area contributed by atoms with Gasteiger partial charge < -0.3 is 25.0 Å². The Kier molecular flexibility index (Phi) is 10.4. The molecule has 2 aliphatic heterocycles. The summed E-state index contributed by atoms with van der Waals surface area (Å²) < 4.78 is 10.7. The summed E-state index contributed by atoms with van der Waals surface area (Å²) in [6, 6.07) is 4.76. The van der Waals surface area contributed by atoms with E-state index in [-0.39, 0.29) is 23.7 Å². The molecule has 2 aromatic heterocycles. The maximum atomic E-state index is 13.1. The number of anilines is 1. The maximum absolute atomic E-state index is 13.1. The highest BCUT2D eigenvalue weighted by Crippen LogP contribution is 2.22.